The normalized spacial score (nSPS) is 16.8. The van der Waals surface area contributed by atoms with E-state index in [1.54, 1.807) is 0 Å². The minimum absolute atomic E-state index is 0.0285. The second-order valence-corrected chi connectivity index (χ2v) is 2.27. The minimum atomic E-state index is -1.26. The highest BCUT2D eigenvalue weighted by Gasteiger charge is 2.21. The zero-order valence-corrected chi connectivity index (χ0v) is 5.29. The van der Waals surface area contributed by atoms with Gasteiger partial charge >= 0.3 is 5.97 Å². The van der Waals surface area contributed by atoms with Crippen LogP contribution in [-0.2, 0) is 4.79 Å². The van der Waals surface area contributed by atoms with Gasteiger partial charge in [-0.2, -0.15) is 0 Å². The Morgan fingerprint density at radius 2 is 2.22 bits per heavy atom. The van der Waals surface area contributed by atoms with E-state index in [-0.39, 0.29) is 13.0 Å². The number of rotatable bonds is 3. The molecule has 0 rings (SSSR count). The van der Waals surface area contributed by atoms with Gasteiger partial charge in [0.2, 0.25) is 0 Å². The maximum atomic E-state index is 9.96. The van der Waals surface area contributed by atoms with Crippen molar-refractivity contribution in [2.24, 2.45) is 5.73 Å². The molecule has 0 saturated heterocycles. The summed E-state index contributed by atoms with van der Waals surface area (Å²) >= 11 is 0. The molecule has 0 aliphatic heterocycles. The summed E-state index contributed by atoms with van der Waals surface area (Å²) in [6.45, 7) is 1.36. The molecule has 0 saturated carbocycles. The topological polar surface area (TPSA) is 83.5 Å². The van der Waals surface area contributed by atoms with E-state index in [4.69, 9.17) is 15.9 Å². The SMILES string of the molecule is C[C@@](O)(CN)CC(=O)O. The average molecular weight is 133 g/mol. The van der Waals surface area contributed by atoms with Gasteiger partial charge in [0.05, 0.1) is 12.0 Å². The Bertz CT molecular complexity index is 111. The molecule has 0 aromatic carbocycles. The van der Waals surface area contributed by atoms with Crippen LogP contribution in [0.5, 0.6) is 0 Å². The first-order valence-corrected chi connectivity index (χ1v) is 2.62. The van der Waals surface area contributed by atoms with E-state index in [9.17, 15) is 4.79 Å². The molecular weight excluding hydrogens is 122 g/mol. The summed E-state index contributed by atoms with van der Waals surface area (Å²) in [4.78, 5) is 9.96. The summed E-state index contributed by atoms with van der Waals surface area (Å²) in [7, 11) is 0. The summed E-state index contributed by atoms with van der Waals surface area (Å²) < 4.78 is 0. The largest absolute Gasteiger partial charge is 0.481 e. The molecule has 0 fully saturated rings. The lowest BCUT2D eigenvalue weighted by atomic mass is 10.0. The van der Waals surface area contributed by atoms with Gasteiger partial charge in [-0.15, -0.1) is 0 Å². The van der Waals surface area contributed by atoms with Crippen molar-refractivity contribution in [3.8, 4) is 0 Å². The second-order valence-electron chi connectivity index (χ2n) is 2.27. The van der Waals surface area contributed by atoms with E-state index in [1.165, 1.54) is 6.92 Å². The molecule has 0 aliphatic rings. The van der Waals surface area contributed by atoms with Crippen molar-refractivity contribution < 1.29 is 15.0 Å². The van der Waals surface area contributed by atoms with Crippen molar-refractivity contribution >= 4 is 5.97 Å². The predicted octanol–water partition coefficient (Wildman–Crippen LogP) is -0.829. The van der Waals surface area contributed by atoms with Gasteiger partial charge in [0, 0.05) is 6.54 Å². The Labute approximate surface area is 53.3 Å². The third kappa shape index (κ3) is 3.93. The Kier molecular flexibility index (Phi) is 2.61. The summed E-state index contributed by atoms with van der Waals surface area (Å²) in [6, 6.07) is 0. The van der Waals surface area contributed by atoms with Crippen molar-refractivity contribution in [3.05, 3.63) is 0 Å². The lowest BCUT2D eigenvalue weighted by molar-refractivity contribution is -0.141. The van der Waals surface area contributed by atoms with Gasteiger partial charge in [-0.1, -0.05) is 0 Å². The molecule has 0 spiro atoms. The van der Waals surface area contributed by atoms with E-state index >= 15 is 0 Å². The van der Waals surface area contributed by atoms with Crippen LogP contribution in [0.3, 0.4) is 0 Å². The van der Waals surface area contributed by atoms with E-state index < -0.39 is 11.6 Å². The molecule has 4 heteroatoms. The Balaban J connectivity index is 3.71. The Hall–Kier alpha value is -0.610. The molecule has 54 valence electrons. The highest BCUT2D eigenvalue weighted by Crippen LogP contribution is 2.05. The molecule has 0 amide bonds. The molecule has 0 aromatic rings. The van der Waals surface area contributed by atoms with Crippen LogP contribution in [0.25, 0.3) is 0 Å². The standard InChI is InChI=1S/C5H11NO3/c1-5(9,3-6)2-4(7)8/h9H,2-3,6H2,1H3,(H,7,8)/t5-/m0/s1. The van der Waals surface area contributed by atoms with Gasteiger partial charge in [0.1, 0.15) is 0 Å². The van der Waals surface area contributed by atoms with Crippen LogP contribution in [0.4, 0.5) is 0 Å². The van der Waals surface area contributed by atoms with Gasteiger partial charge in [-0.3, -0.25) is 4.79 Å². The molecule has 0 unspecified atom stereocenters. The number of nitrogens with two attached hydrogens (primary N) is 1. The highest BCUT2D eigenvalue weighted by molar-refractivity contribution is 5.68. The van der Waals surface area contributed by atoms with Crippen molar-refractivity contribution in [3.63, 3.8) is 0 Å². The summed E-state index contributed by atoms with van der Waals surface area (Å²) in [6.07, 6.45) is -0.302. The number of aliphatic hydroxyl groups is 1. The van der Waals surface area contributed by atoms with Crippen LogP contribution in [0.15, 0.2) is 0 Å². The number of carboxylic acids is 1. The summed E-state index contributed by atoms with van der Waals surface area (Å²) in [5.74, 6) is -1.04. The first-order valence-electron chi connectivity index (χ1n) is 2.62. The monoisotopic (exact) mass is 133 g/mol. The van der Waals surface area contributed by atoms with Crippen molar-refractivity contribution in [1.82, 2.24) is 0 Å². The zero-order valence-electron chi connectivity index (χ0n) is 5.29. The molecule has 4 N–H and O–H groups in total. The van der Waals surface area contributed by atoms with Gasteiger partial charge in [-0.05, 0) is 6.92 Å². The quantitative estimate of drug-likeness (QED) is 0.469. The third-order valence-corrected chi connectivity index (χ3v) is 0.972. The Morgan fingerprint density at radius 1 is 1.78 bits per heavy atom. The lowest BCUT2D eigenvalue weighted by Gasteiger charge is -2.17. The first kappa shape index (κ1) is 8.39. The highest BCUT2D eigenvalue weighted by atomic mass is 16.4. The number of carbonyl (C=O) groups is 1. The van der Waals surface area contributed by atoms with Crippen LogP contribution in [0.2, 0.25) is 0 Å². The van der Waals surface area contributed by atoms with Gasteiger partial charge in [0.15, 0.2) is 0 Å². The zero-order chi connectivity index (χ0) is 7.49. The van der Waals surface area contributed by atoms with Crippen LogP contribution >= 0.6 is 0 Å². The molecule has 9 heavy (non-hydrogen) atoms. The molecule has 0 bridgehead atoms. The van der Waals surface area contributed by atoms with Crippen LogP contribution in [0.1, 0.15) is 13.3 Å². The first-order chi connectivity index (χ1) is 3.98. The third-order valence-electron chi connectivity index (χ3n) is 0.972. The summed E-state index contributed by atoms with van der Waals surface area (Å²) in [5, 5.41) is 17.2. The van der Waals surface area contributed by atoms with E-state index in [2.05, 4.69) is 0 Å². The van der Waals surface area contributed by atoms with E-state index in [0.717, 1.165) is 0 Å². The van der Waals surface area contributed by atoms with Gasteiger partial charge < -0.3 is 15.9 Å². The fourth-order valence-electron chi connectivity index (χ4n) is 0.398. The van der Waals surface area contributed by atoms with Crippen molar-refractivity contribution in [2.45, 2.75) is 18.9 Å². The molecule has 0 radical (unpaired) electrons. The number of aliphatic carboxylic acids is 1. The second kappa shape index (κ2) is 2.80. The van der Waals surface area contributed by atoms with Gasteiger partial charge in [-0.25, -0.2) is 0 Å². The number of hydrogen-bond acceptors (Lipinski definition) is 3. The Morgan fingerprint density at radius 3 is 2.33 bits per heavy atom. The van der Waals surface area contributed by atoms with Crippen LogP contribution in [0, 0.1) is 0 Å². The minimum Gasteiger partial charge on any atom is -0.481 e. The van der Waals surface area contributed by atoms with Crippen LogP contribution < -0.4 is 5.73 Å². The fourth-order valence-corrected chi connectivity index (χ4v) is 0.398. The molecule has 0 aromatic heterocycles. The smallest absolute Gasteiger partial charge is 0.306 e. The summed E-state index contributed by atoms with van der Waals surface area (Å²) in [5.41, 5.74) is 3.78. The van der Waals surface area contributed by atoms with Crippen molar-refractivity contribution in [1.29, 1.82) is 0 Å². The van der Waals surface area contributed by atoms with Gasteiger partial charge in [0.25, 0.3) is 0 Å². The maximum Gasteiger partial charge on any atom is 0.306 e. The van der Waals surface area contributed by atoms with E-state index in [0.29, 0.717) is 0 Å². The predicted molar refractivity (Wildman–Crippen MR) is 31.9 cm³/mol. The molecule has 4 nitrogen and oxygen atoms in total. The molecular formula is C5H11NO3. The number of hydrogen-bond donors (Lipinski definition) is 3. The average Bonchev–Trinajstić information content (AvgIpc) is 1.63. The lowest BCUT2D eigenvalue weighted by Crippen LogP contribution is -2.36. The molecule has 0 heterocycles. The molecule has 0 aliphatic carbocycles. The van der Waals surface area contributed by atoms with Crippen LogP contribution in [-0.4, -0.2) is 28.3 Å². The van der Waals surface area contributed by atoms with Crippen molar-refractivity contribution in [2.75, 3.05) is 6.54 Å². The van der Waals surface area contributed by atoms with E-state index in [1.807, 2.05) is 0 Å². The maximum absolute atomic E-state index is 9.96. The number of carboxylic acid groups (broad SMARTS) is 1. The fraction of sp³-hybridized carbons (Fsp3) is 0.800. The molecule has 1 atom stereocenters.